The lowest BCUT2D eigenvalue weighted by Crippen LogP contribution is -2.25. The average Bonchev–Trinajstić information content (AvgIpc) is 3.33. The highest BCUT2D eigenvalue weighted by molar-refractivity contribution is 7.13. The molecule has 0 unspecified atom stereocenters. The second-order valence-corrected chi connectivity index (χ2v) is 6.95. The molecule has 0 fully saturated rings. The van der Waals surface area contributed by atoms with Gasteiger partial charge in [0.05, 0.1) is 10.6 Å². The van der Waals surface area contributed by atoms with Crippen LogP contribution in [-0.2, 0) is 17.6 Å². The Kier molecular flexibility index (Phi) is 5.71. The minimum atomic E-state index is 0.0489. The Labute approximate surface area is 151 Å². The number of carbonyl (C=O) groups excluding carboxylic acids is 1. The third-order valence-corrected chi connectivity index (χ3v) is 5.02. The molecule has 3 heterocycles. The van der Waals surface area contributed by atoms with Crippen LogP contribution in [0.25, 0.3) is 10.6 Å². The minimum absolute atomic E-state index is 0.0489. The van der Waals surface area contributed by atoms with Crippen LogP contribution in [0.5, 0.6) is 0 Å². The molecule has 0 aliphatic carbocycles. The van der Waals surface area contributed by atoms with E-state index in [0.29, 0.717) is 19.4 Å². The number of thiophene rings is 1. The molecule has 0 saturated carbocycles. The summed E-state index contributed by atoms with van der Waals surface area (Å²) in [6, 6.07) is 7.93. The van der Waals surface area contributed by atoms with Crippen LogP contribution in [0.1, 0.15) is 35.6 Å². The second kappa shape index (κ2) is 8.16. The molecular formula is C19H22N2O3S. The van der Waals surface area contributed by atoms with Crippen LogP contribution in [0.3, 0.4) is 0 Å². The molecule has 0 aromatic carbocycles. The van der Waals surface area contributed by atoms with E-state index < -0.39 is 0 Å². The summed E-state index contributed by atoms with van der Waals surface area (Å²) in [6.07, 6.45) is 2.78. The highest BCUT2D eigenvalue weighted by Crippen LogP contribution is 2.26. The topological polar surface area (TPSA) is 68.3 Å². The zero-order valence-electron chi connectivity index (χ0n) is 14.5. The zero-order valence-corrected chi connectivity index (χ0v) is 15.3. The Balaban J connectivity index is 1.37. The summed E-state index contributed by atoms with van der Waals surface area (Å²) in [5, 5.41) is 8.92. The summed E-state index contributed by atoms with van der Waals surface area (Å²) in [5.74, 6) is 2.62. The van der Waals surface area contributed by atoms with E-state index in [1.165, 1.54) is 0 Å². The van der Waals surface area contributed by atoms with Crippen molar-refractivity contribution in [3.63, 3.8) is 0 Å². The Bertz CT molecular complexity index is 798. The first-order chi connectivity index (χ1) is 12.1. The first-order valence-corrected chi connectivity index (χ1v) is 9.32. The first kappa shape index (κ1) is 17.5. The molecule has 0 radical (unpaired) electrons. The van der Waals surface area contributed by atoms with Crippen LogP contribution in [-0.4, -0.2) is 17.6 Å². The van der Waals surface area contributed by atoms with Crippen molar-refractivity contribution in [2.45, 2.75) is 39.5 Å². The van der Waals surface area contributed by atoms with Crippen molar-refractivity contribution < 1.29 is 13.7 Å². The van der Waals surface area contributed by atoms with Crippen LogP contribution in [0.2, 0.25) is 0 Å². The summed E-state index contributed by atoms with van der Waals surface area (Å²) in [4.78, 5) is 13.1. The SMILES string of the molecule is Cc1noc(C)c1CCCNC(=O)CCc1ccc(-c2cccs2)o1. The molecule has 0 atom stereocenters. The average molecular weight is 358 g/mol. The maximum atomic E-state index is 12.0. The maximum absolute atomic E-state index is 12.0. The number of aromatic nitrogens is 1. The van der Waals surface area contributed by atoms with Gasteiger partial charge in [-0.05, 0) is 50.3 Å². The second-order valence-electron chi connectivity index (χ2n) is 6.00. The summed E-state index contributed by atoms with van der Waals surface area (Å²) in [7, 11) is 0. The van der Waals surface area contributed by atoms with Crippen molar-refractivity contribution in [2.75, 3.05) is 6.54 Å². The lowest BCUT2D eigenvalue weighted by atomic mass is 10.1. The van der Waals surface area contributed by atoms with Crippen molar-refractivity contribution in [1.82, 2.24) is 10.5 Å². The number of nitrogens with one attached hydrogen (secondary N) is 1. The fourth-order valence-corrected chi connectivity index (χ4v) is 3.43. The van der Waals surface area contributed by atoms with Gasteiger partial charge in [0.1, 0.15) is 17.3 Å². The van der Waals surface area contributed by atoms with Crippen LogP contribution >= 0.6 is 11.3 Å². The summed E-state index contributed by atoms with van der Waals surface area (Å²) in [6.45, 7) is 4.52. The Morgan fingerprint density at radius 1 is 1.24 bits per heavy atom. The number of rotatable bonds is 8. The molecule has 25 heavy (non-hydrogen) atoms. The van der Waals surface area contributed by atoms with Gasteiger partial charge >= 0.3 is 0 Å². The normalized spacial score (nSPS) is 11.0. The van der Waals surface area contributed by atoms with Gasteiger partial charge < -0.3 is 14.3 Å². The molecule has 0 aliphatic heterocycles. The fraction of sp³-hybridized carbons (Fsp3) is 0.368. The van der Waals surface area contributed by atoms with Gasteiger partial charge in [0, 0.05) is 24.9 Å². The van der Waals surface area contributed by atoms with Gasteiger partial charge in [-0.15, -0.1) is 11.3 Å². The van der Waals surface area contributed by atoms with E-state index in [2.05, 4.69) is 10.5 Å². The molecule has 3 aromatic heterocycles. The quantitative estimate of drug-likeness (QED) is 0.610. The molecule has 0 saturated heterocycles. The lowest BCUT2D eigenvalue weighted by molar-refractivity contribution is -0.121. The number of furan rings is 1. The monoisotopic (exact) mass is 358 g/mol. The predicted molar refractivity (Wildman–Crippen MR) is 97.6 cm³/mol. The van der Waals surface area contributed by atoms with Gasteiger partial charge in [0.2, 0.25) is 5.91 Å². The Hall–Kier alpha value is -2.34. The Morgan fingerprint density at radius 2 is 2.12 bits per heavy atom. The molecule has 6 heteroatoms. The number of hydrogen-bond donors (Lipinski definition) is 1. The van der Waals surface area contributed by atoms with Crippen LogP contribution in [0, 0.1) is 13.8 Å². The highest BCUT2D eigenvalue weighted by Gasteiger charge is 2.10. The van der Waals surface area contributed by atoms with Gasteiger partial charge in [0.25, 0.3) is 0 Å². The molecule has 5 nitrogen and oxygen atoms in total. The van der Waals surface area contributed by atoms with Gasteiger partial charge in [-0.2, -0.15) is 0 Å². The number of hydrogen-bond acceptors (Lipinski definition) is 5. The number of aryl methyl sites for hydroxylation is 3. The molecule has 0 aliphatic rings. The van der Waals surface area contributed by atoms with Gasteiger partial charge in [0.15, 0.2) is 0 Å². The van der Waals surface area contributed by atoms with E-state index in [4.69, 9.17) is 8.94 Å². The molecule has 3 rings (SSSR count). The fourth-order valence-electron chi connectivity index (χ4n) is 2.74. The number of carbonyl (C=O) groups is 1. The van der Waals surface area contributed by atoms with Crippen molar-refractivity contribution in [3.05, 3.63) is 52.4 Å². The summed E-state index contributed by atoms with van der Waals surface area (Å²) in [5.41, 5.74) is 2.08. The van der Waals surface area contributed by atoms with E-state index in [0.717, 1.165) is 46.3 Å². The van der Waals surface area contributed by atoms with E-state index >= 15 is 0 Å². The predicted octanol–water partition coefficient (Wildman–Crippen LogP) is 4.29. The molecular weight excluding hydrogens is 336 g/mol. The van der Waals surface area contributed by atoms with Crippen molar-refractivity contribution in [3.8, 4) is 10.6 Å². The third-order valence-electron chi connectivity index (χ3n) is 4.13. The number of nitrogens with zero attached hydrogens (tertiary/aromatic N) is 1. The molecule has 0 bridgehead atoms. The van der Waals surface area contributed by atoms with E-state index in [1.807, 2.05) is 43.5 Å². The largest absolute Gasteiger partial charge is 0.460 e. The van der Waals surface area contributed by atoms with E-state index in [9.17, 15) is 4.79 Å². The zero-order chi connectivity index (χ0) is 17.6. The first-order valence-electron chi connectivity index (χ1n) is 8.44. The number of amides is 1. The standard InChI is InChI=1S/C19H22N2O3S/c1-13-16(14(2)24-21-13)5-3-11-20-19(22)10-8-15-7-9-17(23-15)18-6-4-12-25-18/h4,6-7,9,12H,3,5,8,10-11H2,1-2H3,(H,20,22). The van der Waals surface area contributed by atoms with Crippen LogP contribution in [0.4, 0.5) is 0 Å². The molecule has 1 N–H and O–H groups in total. The summed E-state index contributed by atoms with van der Waals surface area (Å²) < 4.78 is 10.9. The smallest absolute Gasteiger partial charge is 0.220 e. The van der Waals surface area contributed by atoms with E-state index in [-0.39, 0.29) is 5.91 Å². The minimum Gasteiger partial charge on any atom is -0.460 e. The lowest BCUT2D eigenvalue weighted by Gasteiger charge is -2.04. The van der Waals surface area contributed by atoms with Crippen molar-refractivity contribution in [1.29, 1.82) is 0 Å². The molecule has 1 amide bonds. The van der Waals surface area contributed by atoms with Crippen LogP contribution < -0.4 is 5.32 Å². The van der Waals surface area contributed by atoms with Crippen molar-refractivity contribution in [2.24, 2.45) is 0 Å². The molecule has 0 spiro atoms. The third kappa shape index (κ3) is 4.60. The highest BCUT2D eigenvalue weighted by atomic mass is 32.1. The van der Waals surface area contributed by atoms with Gasteiger partial charge in [-0.1, -0.05) is 11.2 Å². The van der Waals surface area contributed by atoms with Crippen LogP contribution in [0.15, 0.2) is 38.6 Å². The Morgan fingerprint density at radius 3 is 2.84 bits per heavy atom. The van der Waals surface area contributed by atoms with Crippen molar-refractivity contribution >= 4 is 17.2 Å². The maximum Gasteiger partial charge on any atom is 0.220 e. The van der Waals surface area contributed by atoms with E-state index in [1.54, 1.807) is 11.3 Å². The van der Waals surface area contributed by atoms with Gasteiger partial charge in [-0.25, -0.2) is 0 Å². The summed E-state index contributed by atoms with van der Waals surface area (Å²) >= 11 is 1.64. The molecule has 132 valence electrons. The van der Waals surface area contributed by atoms with Gasteiger partial charge in [-0.3, -0.25) is 4.79 Å². The molecule has 3 aromatic rings.